The smallest absolute Gasteiger partial charge is 0.303 e. The van der Waals surface area contributed by atoms with Crippen LogP contribution in [-0.2, 0) is 4.79 Å². The van der Waals surface area contributed by atoms with Gasteiger partial charge in [0.1, 0.15) is 11.5 Å². The molecule has 0 aliphatic rings. The zero-order chi connectivity index (χ0) is 16.6. The predicted octanol–water partition coefficient (Wildman–Crippen LogP) is 5.09. The van der Waals surface area contributed by atoms with E-state index in [-0.39, 0.29) is 11.5 Å². The first-order valence-corrected chi connectivity index (χ1v) is 8.26. The van der Waals surface area contributed by atoms with Crippen LogP contribution in [0.15, 0.2) is 24.3 Å². The van der Waals surface area contributed by atoms with Crippen LogP contribution < -0.4 is 0 Å². The summed E-state index contributed by atoms with van der Waals surface area (Å²) in [5.74, 6) is -0.321. The number of hydrogen-bond acceptors (Lipinski definition) is 3. The van der Waals surface area contributed by atoms with E-state index in [9.17, 15) is 4.79 Å². The summed E-state index contributed by atoms with van der Waals surface area (Å²) in [6.07, 6.45) is 11.5. The van der Waals surface area contributed by atoms with Gasteiger partial charge in [-0.3, -0.25) is 4.79 Å². The molecule has 3 N–H and O–H groups in total. The minimum Gasteiger partial charge on any atom is -0.508 e. The Kier molecular flexibility index (Phi) is 13.1. The van der Waals surface area contributed by atoms with E-state index in [1.54, 1.807) is 0 Å². The molecule has 0 radical (unpaired) electrons. The van der Waals surface area contributed by atoms with Crippen LogP contribution in [0.3, 0.4) is 0 Å². The van der Waals surface area contributed by atoms with Crippen molar-refractivity contribution in [3.63, 3.8) is 0 Å². The highest BCUT2D eigenvalue weighted by Gasteiger charge is 1.96. The Morgan fingerprint density at radius 1 is 0.773 bits per heavy atom. The van der Waals surface area contributed by atoms with Crippen LogP contribution in [0.4, 0.5) is 0 Å². The van der Waals surface area contributed by atoms with Crippen LogP contribution >= 0.6 is 0 Å². The topological polar surface area (TPSA) is 77.8 Å². The Hall–Kier alpha value is -1.71. The molecule has 0 atom stereocenters. The van der Waals surface area contributed by atoms with E-state index in [1.165, 1.54) is 69.2 Å². The highest BCUT2D eigenvalue weighted by atomic mass is 16.4. The third-order valence-corrected chi connectivity index (χ3v) is 3.34. The van der Waals surface area contributed by atoms with E-state index in [2.05, 4.69) is 6.92 Å². The van der Waals surface area contributed by atoms with Crippen molar-refractivity contribution < 1.29 is 20.1 Å². The van der Waals surface area contributed by atoms with Crippen molar-refractivity contribution in [3.8, 4) is 11.5 Å². The standard InChI is InChI=1S/C12H24O2.C6H6O2/c1-2-3-4-5-6-7-8-9-10-11-12(13)14;7-5-1-2-6(8)4-3-5/h2-11H2,1H3,(H,13,14);1-4,7-8H. The van der Waals surface area contributed by atoms with Gasteiger partial charge in [0.05, 0.1) is 0 Å². The third-order valence-electron chi connectivity index (χ3n) is 3.34. The lowest BCUT2D eigenvalue weighted by atomic mass is 10.1. The van der Waals surface area contributed by atoms with Crippen LogP contribution in [0.2, 0.25) is 0 Å². The maximum absolute atomic E-state index is 10.2. The minimum absolute atomic E-state index is 0.169. The molecule has 0 unspecified atom stereocenters. The summed E-state index contributed by atoms with van der Waals surface area (Å²) in [4.78, 5) is 10.2. The first-order chi connectivity index (χ1) is 10.6. The number of benzene rings is 1. The number of phenolic OH excluding ortho intramolecular Hbond substituents is 2. The fourth-order valence-electron chi connectivity index (χ4n) is 2.04. The molecule has 0 spiro atoms. The van der Waals surface area contributed by atoms with Gasteiger partial charge < -0.3 is 15.3 Å². The van der Waals surface area contributed by atoms with Gasteiger partial charge in [0.15, 0.2) is 0 Å². The number of aliphatic carboxylic acids is 1. The Morgan fingerprint density at radius 2 is 1.14 bits per heavy atom. The maximum atomic E-state index is 10.2. The van der Waals surface area contributed by atoms with Gasteiger partial charge in [-0.25, -0.2) is 0 Å². The molecule has 126 valence electrons. The normalized spacial score (nSPS) is 9.86. The molecular formula is C18H30O4. The molecule has 0 aromatic heterocycles. The molecule has 0 heterocycles. The second kappa shape index (κ2) is 14.2. The van der Waals surface area contributed by atoms with Gasteiger partial charge >= 0.3 is 5.97 Å². The monoisotopic (exact) mass is 310 g/mol. The SMILES string of the molecule is CCCCCCCCCCCC(=O)O.Oc1ccc(O)cc1. The molecule has 1 aromatic rings. The summed E-state index contributed by atoms with van der Waals surface area (Å²) in [6, 6.07) is 5.70. The molecule has 1 rings (SSSR count). The zero-order valence-corrected chi connectivity index (χ0v) is 13.6. The predicted molar refractivity (Wildman–Crippen MR) is 89.3 cm³/mol. The summed E-state index contributed by atoms with van der Waals surface area (Å²) in [5.41, 5.74) is 0. The summed E-state index contributed by atoms with van der Waals surface area (Å²) in [7, 11) is 0. The second-order valence-electron chi connectivity index (χ2n) is 5.49. The molecule has 0 aliphatic carbocycles. The van der Waals surface area contributed by atoms with Gasteiger partial charge in [-0.15, -0.1) is 0 Å². The highest BCUT2D eigenvalue weighted by Crippen LogP contribution is 2.13. The second-order valence-corrected chi connectivity index (χ2v) is 5.49. The lowest BCUT2D eigenvalue weighted by Gasteiger charge is -2.00. The maximum Gasteiger partial charge on any atom is 0.303 e. The minimum atomic E-state index is -0.659. The van der Waals surface area contributed by atoms with Gasteiger partial charge in [0.2, 0.25) is 0 Å². The number of phenols is 2. The van der Waals surface area contributed by atoms with Gasteiger partial charge in [0.25, 0.3) is 0 Å². The fraction of sp³-hybridized carbons (Fsp3) is 0.611. The van der Waals surface area contributed by atoms with E-state index in [0.717, 1.165) is 12.8 Å². The summed E-state index contributed by atoms with van der Waals surface area (Å²) >= 11 is 0. The summed E-state index contributed by atoms with van der Waals surface area (Å²) in [5, 5.41) is 25.7. The Labute approximate surface area is 133 Å². The van der Waals surface area contributed by atoms with Crippen molar-refractivity contribution in [1.82, 2.24) is 0 Å². The van der Waals surface area contributed by atoms with Crippen molar-refractivity contribution in [2.45, 2.75) is 71.1 Å². The number of carboxylic acid groups (broad SMARTS) is 1. The summed E-state index contributed by atoms with van der Waals surface area (Å²) < 4.78 is 0. The first-order valence-electron chi connectivity index (χ1n) is 8.26. The molecule has 22 heavy (non-hydrogen) atoms. The van der Waals surface area contributed by atoms with Crippen LogP contribution in [0.5, 0.6) is 11.5 Å². The van der Waals surface area contributed by atoms with E-state index in [4.69, 9.17) is 15.3 Å². The molecule has 0 fully saturated rings. The van der Waals surface area contributed by atoms with Gasteiger partial charge in [-0.05, 0) is 30.7 Å². The lowest BCUT2D eigenvalue weighted by molar-refractivity contribution is -0.137. The average molecular weight is 310 g/mol. The summed E-state index contributed by atoms with van der Waals surface area (Å²) in [6.45, 7) is 2.23. The Bertz CT molecular complexity index is 352. The number of unbranched alkanes of at least 4 members (excludes halogenated alkanes) is 8. The van der Waals surface area contributed by atoms with E-state index < -0.39 is 5.97 Å². The van der Waals surface area contributed by atoms with Crippen LogP contribution in [-0.4, -0.2) is 21.3 Å². The van der Waals surface area contributed by atoms with Crippen molar-refractivity contribution >= 4 is 5.97 Å². The average Bonchev–Trinajstić information content (AvgIpc) is 2.49. The quantitative estimate of drug-likeness (QED) is 0.415. The molecule has 1 aromatic carbocycles. The number of rotatable bonds is 10. The van der Waals surface area contributed by atoms with E-state index in [1.807, 2.05) is 0 Å². The molecule has 0 saturated carbocycles. The molecular weight excluding hydrogens is 280 g/mol. The van der Waals surface area contributed by atoms with Gasteiger partial charge in [-0.1, -0.05) is 58.3 Å². The molecule has 4 heteroatoms. The van der Waals surface area contributed by atoms with E-state index in [0.29, 0.717) is 6.42 Å². The van der Waals surface area contributed by atoms with Crippen LogP contribution in [0.1, 0.15) is 71.1 Å². The third kappa shape index (κ3) is 14.7. The molecule has 0 aliphatic heterocycles. The van der Waals surface area contributed by atoms with Crippen molar-refractivity contribution in [2.75, 3.05) is 0 Å². The first kappa shape index (κ1) is 20.3. The van der Waals surface area contributed by atoms with Crippen molar-refractivity contribution in [2.24, 2.45) is 0 Å². The number of hydrogen-bond donors (Lipinski definition) is 3. The van der Waals surface area contributed by atoms with Gasteiger partial charge in [-0.2, -0.15) is 0 Å². The lowest BCUT2D eigenvalue weighted by Crippen LogP contribution is -1.93. The highest BCUT2D eigenvalue weighted by molar-refractivity contribution is 5.66. The largest absolute Gasteiger partial charge is 0.508 e. The fourth-order valence-corrected chi connectivity index (χ4v) is 2.04. The number of carboxylic acids is 1. The van der Waals surface area contributed by atoms with Gasteiger partial charge in [0, 0.05) is 6.42 Å². The van der Waals surface area contributed by atoms with Crippen molar-refractivity contribution in [3.05, 3.63) is 24.3 Å². The Morgan fingerprint density at radius 3 is 1.50 bits per heavy atom. The molecule has 0 bridgehead atoms. The van der Waals surface area contributed by atoms with E-state index >= 15 is 0 Å². The molecule has 0 amide bonds. The molecule has 4 nitrogen and oxygen atoms in total. The zero-order valence-electron chi connectivity index (χ0n) is 13.6. The van der Waals surface area contributed by atoms with Crippen LogP contribution in [0.25, 0.3) is 0 Å². The van der Waals surface area contributed by atoms with Crippen molar-refractivity contribution in [1.29, 1.82) is 0 Å². The number of carbonyl (C=O) groups is 1. The van der Waals surface area contributed by atoms with Crippen LogP contribution in [0, 0.1) is 0 Å². The molecule has 0 saturated heterocycles. The number of aromatic hydroxyl groups is 2. The Balaban J connectivity index is 0.000000461.